The van der Waals surface area contributed by atoms with Gasteiger partial charge in [0.05, 0.1) is 5.39 Å². The minimum Gasteiger partial charge on any atom is -0.368 e. The summed E-state index contributed by atoms with van der Waals surface area (Å²) in [5, 5.41) is 0.473. The lowest BCUT2D eigenvalue weighted by Gasteiger charge is -2.37. The van der Waals surface area contributed by atoms with Gasteiger partial charge in [-0.05, 0) is 51.0 Å². The molecule has 1 saturated heterocycles. The summed E-state index contributed by atoms with van der Waals surface area (Å²) in [6, 6.07) is 8.04. The van der Waals surface area contributed by atoms with Crippen LogP contribution in [0.4, 0.5) is 5.69 Å². The van der Waals surface area contributed by atoms with Crippen molar-refractivity contribution in [1.29, 1.82) is 0 Å². The van der Waals surface area contributed by atoms with Gasteiger partial charge in [0.2, 0.25) is 5.91 Å². The van der Waals surface area contributed by atoms with E-state index in [1.54, 1.807) is 28.3 Å². The highest BCUT2D eigenvalue weighted by Crippen LogP contribution is 2.24. The van der Waals surface area contributed by atoms with Crippen molar-refractivity contribution >= 4 is 22.6 Å². The molecule has 0 N–H and O–H groups in total. The van der Waals surface area contributed by atoms with Gasteiger partial charge in [-0.3, -0.25) is 18.7 Å². The summed E-state index contributed by atoms with van der Waals surface area (Å²) in [4.78, 5) is 42.7. The molecule has 3 aromatic rings. The van der Waals surface area contributed by atoms with Crippen LogP contribution in [0.1, 0.15) is 25.0 Å². The first kappa shape index (κ1) is 21.9. The Balaban J connectivity index is 1.54. The van der Waals surface area contributed by atoms with Crippen LogP contribution in [0.2, 0.25) is 0 Å². The van der Waals surface area contributed by atoms with E-state index in [4.69, 9.17) is 0 Å². The van der Waals surface area contributed by atoms with E-state index in [9.17, 15) is 14.4 Å². The first-order valence-electron chi connectivity index (χ1n) is 11.3. The summed E-state index contributed by atoms with van der Waals surface area (Å²) in [5.74, 6) is -0.00196. The molecular weight excluding hydrogens is 406 g/mol. The van der Waals surface area contributed by atoms with Gasteiger partial charge in [-0.2, -0.15) is 0 Å². The molecule has 0 bridgehead atoms. The van der Waals surface area contributed by atoms with Crippen LogP contribution >= 0.6 is 0 Å². The number of amides is 1. The van der Waals surface area contributed by atoms with Gasteiger partial charge in [-0.25, -0.2) is 4.79 Å². The van der Waals surface area contributed by atoms with Crippen molar-refractivity contribution in [1.82, 2.24) is 18.6 Å². The topological polar surface area (TPSA) is 72.5 Å². The van der Waals surface area contributed by atoms with Crippen LogP contribution in [0.3, 0.4) is 0 Å². The molecule has 0 saturated carbocycles. The van der Waals surface area contributed by atoms with E-state index in [0.29, 0.717) is 37.2 Å². The Morgan fingerprint density at radius 2 is 1.62 bits per heavy atom. The van der Waals surface area contributed by atoms with Crippen molar-refractivity contribution in [2.75, 3.05) is 31.1 Å². The van der Waals surface area contributed by atoms with Crippen molar-refractivity contribution in [2.45, 2.75) is 47.3 Å². The zero-order valence-corrected chi connectivity index (χ0v) is 19.3. The Kier molecular flexibility index (Phi) is 5.95. The highest BCUT2D eigenvalue weighted by molar-refractivity contribution is 5.81. The Labute approximate surface area is 187 Å². The van der Waals surface area contributed by atoms with Crippen LogP contribution in [0, 0.1) is 13.8 Å². The quantitative estimate of drug-likeness (QED) is 0.612. The monoisotopic (exact) mass is 437 g/mol. The number of carbonyl (C=O) groups is 1. The van der Waals surface area contributed by atoms with E-state index in [1.807, 2.05) is 11.8 Å². The van der Waals surface area contributed by atoms with Crippen molar-refractivity contribution in [2.24, 2.45) is 0 Å². The van der Waals surface area contributed by atoms with Crippen LogP contribution in [-0.4, -0.2) is 50.7 Å². The maximum Gasteiger partial charge on any atom is 0.332 e. The third-order valence-corrected chi connectivity index (χ3v) is 6.61. The van der Waals surface area contributed by atoms with Crippen LogP contribution in [-0.2, 0) is 24.4 Å². The van der Waals surface area contributed by atoms with Gasteiger partial charge in [-0.15, -0.1) is 0 Å². The Morgan fingerprint density at radius 1 is 0.938 bits per heavy atom. The van der Waals surface area contributed by atoms with E-state index in [2.05, 4.69) is 36.9 Å². The first-order chi connectivity index (χ1) is 15.4. The molecule has 8 nitrogen and oxygen atoms in total. The summed E-state index contributed by atoms with van der Waals surface area (Å²) in [7, 11) is 0. The second kappa shape index (κ2) is 8.68. The van der Waals surface area contributed by atoms with Crippen LogP contribution in [0.15, 0.2) is 40.1 Å². The van der Waals surface area contributed by atoms with E-state index in [-0.39, 0.29) is 23.7 Å². The highest BCUT2D eigenvalue weighted by atomic mass is 16.2. The van der Waals surface area contributed by atoms with Gasteiger partial charge in [0.25, 0.3) is 5.56 Å². The average molecular weight is 438 g/mol. The lowest BCUT2D eigenvalue weighted by atomic mass is 10.1. The number of piperazine rings is 1. The SMILES string of the molecule is CCn1c(=O)c2ccn(CC(=O)N3CCN(c4cccc(C)c4C)CC3)c2n(CC)c1=O. The predicted octanol–water partition coefficient (Wildman–Crippen LogP) is 1.97. The first-order valence-corrected chi connectivity index (χ1v) is 11.3. The average Bonchev–Trinajstić information content (AvgIpc) is 3.20. The largest absolute Gasteiger partial charge is 0.368 e. The van der Waals surface area contributed by atoms with Gasteiger partial charge in [0.1, 0.15) is 12.2 Å². The molecule has 0 atom stereocenters. The third kappa shape index (κ3) is 3.63. The number of benzene rings is 1. The standard InChI is InChI=1S/C24H31N5O3/c1-5-28-22-19(23(31)29(6-2)24(28)32)10-11-27(22)16-21(30)26-14-12-25(13-15-26)20-9-7-8-17(3)18(20)4/h7-11H,5-6,12-16H2,1-4H3. The number of fused-ring (bicyclic) bond motifs is 1. The molecule has 170 valence electrons. The van der Waals surface area contributed by atoms with Crippen molar-refractivity contribution in [3.05, 3.63) is 62.4 Å². The lowest BCUT2D eigenvalue weighted by Crippen LogP contribution is -2.50. The smallest absolute Gasteiger partial charge is 0.332 e. The Bertz CT molecular complexity index is 1280. The number of aromatic nitrogens is 3. The molecule has 4 rings (SSSR count). The molecule has 1 aromatic carbocycles. The summed E-state index contributed by atoms with van der Waals surface area (Å²) in [5.41, 5.74) is 3.67. The van der Waals surface area contributed by atoms with Gasteiger partial charge in [-0.1, -0.05) is 12.1 Å². The zero-order valence-electron chi connectivity index (χ0n) is 19.3. The van der Waals surface area contributed by atoms with Crippen molar-refractivity contribution < 1.29 is 4.79 Å². The number of hydrogen-bond acceptors (Lipinski definition) is 4. The van der Waals surface area contributed by atoms with E-state index in [0.717, 1.165) is 13.1 Å². The Hall–Kier alpha value is -3.29. The van der Waals surface area contributed by atoms with Crippen molar-refractivity contribution in [3.8, 4) is 0 Å². The fourth-order valence-corrected chi connectivity index (χ4v) is 4.61. The number of aryl methyl sites for hydroxylation is 2. The van der Waals surface area contributed by atoms with Gasteiger partial charge in [0, 0.05) is 51.2 Å². The van der Waals surface area contributed by atoms with Gasteiger partial charge >= 0.3 is 5.69 Å². The molecule has 1 aliphatic heterocycles. The fraction of sp³-hybridized carbons (Fsp3) is 0.458. The molecule has 0 unspecified atom stereocenters. The van der Waals surface area contributed by atoms with E-state index in [1.165, 1.54) is 21.4 Å². The molecule has 0 radical (unpaired) electrons. The number of hydrogen-bond donors (Lipinski definition) is 0. The molecule has 3 heterocycles. The van der Waals surface area contributed by atoms with Crippen LogP contribution < -0.4 is 16.1 Å². The molecule has 0 aliphatic carbocycles. The summed E-state index contributed by atoms with van der Waals surface area (Å²) in [6.45, 7) is 11.6. The third-order valence-electron chi connectivity index (χ3n) is 6.61. The molecule has 1 amide bonds. The molecule has 8 heteroatoms. The minimum atomic E-state index is -0.331. The van der Waals surface area contributed by atoms with Gasteiger partial charge < -0.3 is 14.4 Å². The number of rotatable bonds is 5. The summed E-state index contributed by atoms with van der Waals surface area (Å²) >= 11 is 0. The summed E-state index contributed by atoms with van der Waals surface area (Å²) < 4.78 is 4.55. The lowest BCUT2D eigenvalue weighted by molar-refractivity contribution is -0.132. The fourth-order valence-electron chi connectivity index (χ4n) is 4.61. The highest BCUT2D eigenvalue weighted by Gasteiger charge is 2.24. The molecule has 32 heavy (non-hydrogen) atoms. The van der Waals surface area contributed by atoms with E-state index >= 15 is 0 Å². The second-order valence-corrected chi connectivity index (χ2v) is 8.34. The molecule has 1 aliphatic rings. The van der Waals surface area contributed by atoms with Crippen LogP contribution in [0.5, 0.6) is 0 Å². The number of anilines is 1. The van der Waals surface area contributed by atoms with Crippen LogP contribution in [0.25, 0.3) is 11.0 Å². The van der Waals surface area contributed by atoms with E-state index < -0.39 is 0 Å². The normalized spacial score (nSPS) is 14.4. The molecule has 2 aromatic heterocycles. The summed E-state index contributed by atoms with van der Waals surface area (Å²) in [6.07, 6.45) is 1.74. The molecule has 0 spiro atoms. The minimum absolute atomic E-state index is 0.00196. The van der Waals surface area contributed by atoms with Crippen molar-refractivity contribution in [3.63, 3.8) is 0 Å². The van der Waals surface area contributed by atoms with Gasteiger partial charge in [0.15, 0.2) is 0 Å². The molecule has 1 fully saturated rings. The number of carbonyl (C=O) groups excluding carboxylic acids is 1. The second-order valence-electron chi connectivity index (χ2n) is 8.34. The number of nitrogens with zero attached hydrogens (tertiary/aromatic N) is 5. The molecular formula is C24H31N5O3. The zero-order chi connectivity index (χ0) is 23.0. The Morgan fingerprint density at radius 3 is 2.28 bits per heavy atom. The predicted molar refractivity (Wildman–Crippen MR) is 127 cm³/mol. The maximum absolute atomic E-state index is 13.1. The maximum atomic E-state index is 13.1.